The predicted molar refractivity (Wildman–Crippen MR) is 77.9 cm³/mol. The highest BCUT2D eigenvalue weighted by molar-refractivity contribution is 5.86. The first kappa shape index (κ1) is 14.0. The molecule has 0 unspecified atom stereocenters. The van der Waals surface area contributed by atoms with Gasteiger partial charge in [0.05, 0.1) is 23.1 Å². The van der Waals surface area contributed by atoms with Crippen molar-refractivity contribution in [3.8, 4) is 0 Å². The number of carbonyl (C=O) groups excluding carboxylic acids is 1. The molecule has 1 aromatic carbocycles. The maximum atomic E-state index is 13.1. The van der Waals surface area contributed by atoms with Crippen LogP contribution < -0.4 is 11.1 Å². The monoisotopic (exact) mass is 290 g/mol. The second kappa shape index (κ2) is 5.44. The van der Waals surface area contributed by atoms with E-state index >= 15 is 0 Å². The van der Waals surface area contributed by atoms with Crippen molar-refractivity contribution >= 4 is 16.9 Å². The first-order valence-corrected chi connectivity index (χ1v) is 7.28. The van der Waals surface area contributed by atoms with Gasteiger partial charge in [-0.3, -0.25) is 4.79 Å². The van der Waals surface area contributed by atoms with Crippen LogP contribution in [0.2, 0.25) is 0 Å². The fourth-order valence-corrected chi connectivity index (χ4v) is 2.87. The number of benzene rings is 1. The van der Waals surface area contributed by atoms with Gasteiger partial charge in [0.25, 0.3) is 0 Å². The molecular weight excluding hydrogens is 271 g/mol. The number of aromatic nitrogens is 2. The average molecular weight is 290 g/mol. The van der Waals surface area contributed by atoms with Gasteiger partial charge >= 0.3 is 0 Å². The number of nitrogens with one attached hydrogen (secondary N) is 2. The number of halogens is 1. The lowest BCUT2D eigenvalue weighted by Gasteiger charge is -2.31. The number of nitrogens with two attached hydrogens (primary N) is 1. The molecule has 0 bridgehead atoms. The zero-order valence-corrected chi connectivity index (χ0v) is 11.8. The number of nitrogens with zero attached hydrogens (tertiary/aromatic N) is 1. The summed E-state index contributed by atoms with van der Waals surface area (Å²) in [6.45, 7) is 0.272. The number of rotatable bonds is 3. The van der Waals surface area contributed by atoms with Crippen molar-refractivity contribution in [3.05, 3.63) is 29.8 Å². The number of H-pyrrole nitrogens is 1. The van der Waals surface area contributed by atoms with E-state index in [0.29, 0.717) is 16.9 Å². The Morgan fingerprint density at radius 3 is 2.90 bits per heavy atom. The maximum absolute atomic E-state index is 13.1. The molecule has 0 saturated heterocycles. The van der Waals surface area contributed by atoms with Crippen molar-refractivity contribution in [2.24, 2.45) is 5.73 Å². The summed E-state index contributed by atoms with van der Waals surface area (Å²) in [5.74, 6) is 0.155. The van der Waals surface area contributed by atoms with Crippen molar-refractivity contribution in [2.75, 3.05) is 0 Å². The summed E-state index contributed by atoms with van der Waals surface area (Å²) in [4.78, 5) is 19.5. The number of hydrogen-bond acceptors (Lipinski definition) is 3. The van der Waals surface area contributed by atoms with Crippen LogP contribution in [0.15, 0.2) is 18.2 Å². The molecule has 1 amide bonds. The number of carbonyl (C=O) groups is 1. The third kappa shape index (κ3) is 2.90. The smallest absolute Gasteiger partial charge is 0.240 e. The lowest BCUT2D eigenvalue weighted by atomic mass is 9.82. The summed E-state index contributed by atoms with van der Waals surface area (Å²) < 4.78 is 13.1. The van der Waals surface area contributed by atoms with Gasteiger partial charge in [-0.05, 0) is 31.0 Å². The molecule has 6 heteroatoms. The van der Waals surface area contributed by atoms with Gasteiger partial charge in [0.2, 0.25) is 5.91 Å². The van der Waals surface area contributed by atoms with Crippen LogP contribution in [-0.2, 0) is 11.3 Å². The average Bonchev–Trinajstić information content (AvgIpc) is 2.87. The van der Waals surface area contributed by atoms with E-state index in [1.54, 1.807) is 6.07 Å². The number of imidazole rings is 1. The minimum Gasteiger partial charge on any atom is -0.347 e. The lowest BCUT2D eigenvalue weighted by Crippen LogP contribution is -2.54. The lowest BCUT2D eigenvalue weighted by molar-refractivity contribution is -0.127. The summed E-state index contributed by atoms with van der Waals surface area (Å²) in [6.07, 6.45) is 4.58. The molecule has 1 aromatic heterocycles. The summed E-state index contributed by atoms with van der Waals surface area (Å²) in [6, 6.07) is 4.36. The van der Waals surface area contributed by atoms with Crippen molar-refractivity contribution in [1.82, 2.24) is 15.3 Å². The second-order valence-electron chi connectivity index (χ2n) is 5.74. The molecule has 112 valence electrons. The third-order valence-corrected chi connectivity index (χ3v) is 4.11. The van der Waals surface area contributed by atoms with E-state index in [1.807, 2.05) is 0 Å². The minimum absolute atomic E-state index is 0.131. The Balaban J connectivity index is 1.67. The van der Waals surface area contributed by atoms with E-state index < -0.39 is 5.54 Å². The van der Waals surface area contributed by atoms with Crippen LogP contribution in [-0.4, -0.2) is 21.4 Å². The van der Waals surface area contributed by atoms with Crippen molar-refractivity contribution in [1.29, 1.82) is 0 Å². The Bertz CT molecular complexity index is 661. The van der Waals surface area contributed by atoms with Crippen LogP contribution in [0.1, 0.15) is 37.9 Å². The first-order chi connectivity index (χ1) is 10.1. The number of aromatic amines is 1. The Morgan fingerprint density at radius 1 is 1.38 bits per heavy atom. The van der Waals surface area contributed by atoms with E-state index in [-0.39, 0.29) is 18.3 Å². The normalized spacial score (nSPS) is 17.8. The van der Waals surface area contributed by atoms with Crippen molar-refractivity contribution < 1.29 is 9.18 Å². The van der Waals surface area contributed by atoms with Crippen LogP contribution >= 0.6 is 0 Å². The van der Waals surface area contributed by atoms with Gasteiger partial charge in [0.1, 0.15) is 11.6 Å². The van der Waals surface area contributed by atoms with Crippen LogP contribution in [0, 0.1) is 5.82 Å². The molecule has 1 fully saturated rings. The summed E-state index contributed by atoms with van der Waals surface area (Å²) in [7, 11) is 0. The summed E-state index contributed by atoms with van der Waals surface area (Å²) >= 11 is 0. The van der Waals surface area contributed by atoms with E-state index in [9.17, 15) is 9.18 Å². The molecule has 1 aliphatic carbocycles. The van der Waals surface area contributed by atoms with Gasteiger partial charge in [-0.25, -0.2) is 9.37 Å². The number of fused-ring (bicyclic) bond motifs is 1. The molecule has 0 atom stereocenters. The topological polar surface area (TPSA) is 83.8 Å². The van der Waals surface area contributed by atoms with E-state index in [2.05, 4.69) is 15.3 Å². The fraction of sp³-hybridized carbons (Fsp3) is 0.467. The minimum atomic E-state index is -0.754. The molecule has 0 radical (unpaired) electrons. The molecule has 0 aliphatic heterocycles. The molecule has 2 aromatic rings. The largest absolute Gasteiger partial charge is 0.347 e. The Labute approximate surface area is 122 Å². The highest BCUT2D eigenvalue weighted by Crippen LogP contribution is 2.26. The second-order valence-corrected chi connectivity index (χ2v) is 5.74. The SMILES string of the molecule is NC1(C(=O)NCc2nc3ccc(F)cc3[nH]2)CCCCC1. The van der Waals surface area contributed by atoms with Gasteiger partial charge < -0.3 is 16.0 Å². The quantitative estimate of drug-likeness (QED) is 0.808. The van der Waals surface area contributed by atoms with Crippen molar-refractivity contribution in [2.45, 2.75) is 44.2 Å². The Kier molecular flexibility index (Phi) is 3.63. The summed E-state index contributed by atoms with van der Waals surface area (Å²) in [5.41, 5.74) is 6.72. The van der Waals surface area contributed by atoms with Gasteiger partial charge in [-0.1, -0.05) is 19.3 Å². The third-order valence-electron chi connectivity index (χ3n) is 4.11. The highest BCUT2D eigenvalue weighted by Gasteiger charge is 2.35. The molecule has 1 saturated carbocycles. The van der Waals surface area contributed by atoms with Gasteiger partial charge in [-0.15, -0.1) is 0 Å². The van der Waals surface area contributed by atoms with Crippen LogP contribution in [0.25, 0.3) is 11.0 Å². The van der Waals surface area contributed by atoms with Crippen LogP contribution in [0.3, 0.4) is 0 Å². The van der Waals surface area contributed by atoms with Crippen LogP contribution in [0.5, 0.6) is 0 Å². The molecule has 21 heavy (non-hydrogen) atoms. The maximum Gasteiger partial charge on any atom is 0.240 e. The highest BCUT2D eigenvalue weighted by atomic mass is 19.1. The van der Waals surface area contributed by atoms with Gasteiger partial charge in [0, 0.05) is 0 Å². The molecule has 1 aliphatic rings. The Hall–Kier alpha value is -1.95. The summed E-state index contributed by atoms with van der Waals surface area (Å²) in [5, 5.41) is 2.83. The molecule has 3 rings (SSSR count). The predicted octanol–water partition coefficient (Wildman–Crippen LogP) is 1.98. The number of amides is 1. The molecule has 5 nitrogen and oxygen atoms in total. The van der Waals surface area contributed by atoms with Crippen molar-refractivity contribution in [3.63, 3.8) is 0 Å². The van der Waals surface area contributed by atoms with E-state index in [4.69, 9.17) is 5.73 Å². The first-order valence-electron chi connectivity index (χ1n) is 7.28. The molecule has 4 N–H and O–H groups in total. The number of hydrogen-bond donors (Lipinski definition) is 3. The zero-order valence-electron chi connectivity index (χ0n) is 11.8. The molecular formula is C15H19FN4O. The fourth-order valence-electron chi connectivity index (χ4n) is 2.87. The van der Waals surface area contributed by atoms with Gasteiger partial charge in [-0.2, -0.15) is 0 Å². The van der Waals surface area contributed by atoms with E-state index in [0.717, 1.165) is 32.1 Å². The molecule has 1 heterocycles. The standard InChI is InChI=1S/C15H19FN4O/c16-10-4-5-11-12(8-10)20-13(19-11)9-18-14(21)15(17)6-2-1-3-7-15/h4-5,8H,1-3,6-7,9,17H2,(H,18,21)(H,19,20). The molecule has 0 spiro atoms. The van der Waals surface area contributed by atoms with E-state index in [1.165, 1.54) is 12.1 Å². The van der Waals surface area contributed by atoms with Crippen LogP contribution in [0.4, 0.5) is 4.39 Å². The van der Waals surface area contributed by atoms with Gasteiger partial charge in [0.15, 0.2) is 0 Å². The Morgan fingerprint density at radius 2 is 2.14 bits per heavy atom. The zero-order chi connectivity index (χ0) is 14.9.